The third kappa shape index (κ3) is 9.53. The topological polar surface area (TPSA) is 172 Å². The zero-order chi connectivity index (χ0) is 36.2. The van der Waals surface area contributed by atoms with Crippen LogP contribution in [0.1, 0.15) is 53.9 Å². The van der Waals surface area contributed by atoms with Crippen molar-refractivity contribution in [2.75, 3.05) is 34.0 Å². The van der Waals surface area contributed by atoms with Gasteiger partial charge in [-0.1, -0.05) is 34.1 Å². The maximum Gasteiger partial charge on any atom is 0.338 e. The summed E-state index contributed by atoms with van der Waals surface area (Å²) in [6.45, 7) is 5.26. The highest BCUT2D eigenvalue weighted by Gasteiger charge is 2.32. The summed E-state index contributed by atoms with van der Waals surface area (Å²) >= 11 is 3.45. The number of allylic oxidation sites excluding steroid dienone is 1. The molecule has 1 aliphatic heterocycles. The summed E-state index contributed by atoms with van der Waals surface area (Å²) < 4.78 is 33.7. The number of esters is 2. The van der Waals surface area contributed by atoms with E-state index in [1.165, 1.54) is 20.4 Å². The van der Waals surface area contributed by atoms with Crippen LogP contribution in [0.2, 0.25) is 0 Å². The first-order valence-corrected chi connectivity index (χ1v) is 16.2. The summed E-state index contributed by atoms with van der Waals surface area (Å²) in [5, 5.41) is 9.39. The van der Waals surface area contributed by atoms with Crippen molar-refractivity contribution < 1.29 is 47.6 Å². The predicted molar refractivity (Wildman–Crippen MR) is 185 cm³/mol. The van der Waals surface area contributed by atoms with Crippen molar-refractivity contribution in [1.29, 1.82) is 0 Å². The third-order valence-corrected chi connectivity index (χ3v) is 7.61. The Bertz CT molecular complexity index is 1790. The Labute approximate surface area is 297 Å². The smallest absolute Gasteiger partial charge is 0.338 e. The minimum absolute atomic E-state index is 0.160. The van der Waals surface area contributed by atoms with E-state index in [0.29, 0.717) is 38.4 Å². The second kappa shape index (κ2) is 17.7. The molecule has 0 radical (unpaired) electrons. The minimum atomic E-state index is -0.800. The number of nitrogens with zero attached hydrogens (tertiary/aromatic N) is 1. The number of carbonyl (C=O) groups is 4. The number of rotatable bonds is 15. The van der Waals surface area contributed by atoms with Crippen LogP contribution in [0.4, 0.5) is 4.79 Å². The van der Waals surface area contributed by atoms with Crippen molar-refractivity contribution >= 4 is 46.0 Å². The van der Waals surface area contributed by atoms with Gasteiger partial charge >= 0.3 is 18.0 Å². The Morgan fingerprint density at radius 1 is 0.900 bits per heavy atom. The highest BCUT2D eigenvalue weighted by Crippen LogP contribution is 2.36. The number of amides is 3. The number of halogens is 1. The van der Waals surface area contributed by atoms with Crippen LogP contribution in [-0.4, -0.2) is 64.1 Å². The quantitative estimate of drug-likeness (QED) is 0.110. The molecule has 1 aliphatic rings. The summed E-state index contributed by atoms with van der Waals surface area (Å²) in [7, 11) is 2.93. The summed E-state index contributed by atoms with van der Waals surface area (Å²) in [4.78, 5) is 49.5. The normalized spacial score (nSPS) is 14.0. The number of carbonyl (C=O) groups excluding carboxylic acids is 4. The van der Waals surface area contributed by atoms with Gasteiger partial charge in [-0.2, -0.15) is 5.10 Å². The Kier molecular flexibility index (Phi) is 13.2. The average Bonchev–Trinajstić information content (AvgIpc) is 3.10. The molecule has 3 aromatic rings. The van der Waals surface area contributed by atoms with E-state index in [1.807, 2.05) is 0 Å². The number of hydrogen-bond acceptors (Lipinski definition) is 11. The molecule has 3 aromatic carbocycles. The van der Waals surface area contributed by atoms with Crippen molar-refractivity contribution in [1.82, 2.24) is 16.1 Å². The first-order valence-electron chi connectivity index (χ1n) is 15.4. The highest BCUT2D eigenvalue weighted by atomic mass is 79.9. The molecular formula is C35H37BrN4O10. The van der Waals surface area contributed by atoms with Gasteiger partial charge in [0.25, 0.3) is 5.91 Å². The highest BCUT2D eigenvalue weighted by molar-refractivity contribution is 9.10. The lowest BCUT2D eigenvalue weighted by atomic mass is 9.95. The first-order chi connectivity index (χ1) is 24.1. The van der Waals surface area contributed by atoms with E-state index in [2.05, 4.69) is 37.1 Å². The van der Waals surface area contributed by atoms with Crippen LogP contribution >= 0.6 is 15.9 Å². The molecular weight excluding hydrogens is 716 g/mol. The molecule has 0 saturated heterocycles. The molecule has 14 nitrogen and oxygen atoms in total. The Balaban J connectivity index is 1.41. The molecule has 0 aliphatic carbocycles. The lowest BCUT2D eigenvalue weighted by molar-refractivity contribution is -0.139. The van der Waals surface area contributed by atoms with Gasteiger partial charge in [-0.05, 0) is 68.3 Å². The average molecular weight is 754 g/mol. The number of ether oxygens (including phenoxy) is 6. The largest absolute Gasteiger partial charge is 0.493 e. The minimum Gasteiger partial charge on any atom is -0.493 e. The molecule has 3 N–H and O–H groups in total. The van der Waals surface area contributed by atoms with Gasteiger partial charge < -0.3 is 39.1 Å². The third-order valence-electron chi connectivity index (χ3n) is 7.15. The van der Waals surface area contributed by atoms with E-state index < -0.39 is 36.5 Å². The lowest BCUT2D eigenvalue weighted by Crippen LogP contribution is -2.45. The Hall–Kier alpha value is -5.57. The van der Waals surface area contributed by atoms with Gasteiger partial charge in [-0.3, -0.25) is 4.79 Å². The molecule has 3 amide bonds. The van der Waals surface area contributed by atoms with Gasteiger partial charge in [0.2, 0.25) is 0 Å². The maximum atomic E-state index is 12.7. The van der Waals surface area contributed by atoms with Gasteiger partial charge in [0.1, 0.15) is 6.61 Å². The summed E-state index contributed by atoms with van der Waals surface area (Å²) in [5.41, 5.74) is 5.33. The number of nitrogens with one attached hydrogen (secondary N) is 3. The molecule has 0 unspecified atom stereocenters. The molecule has 0 bridgehead atoms. The summed E-state index contributed by atoms with van der Waals surface area (Å²) in [5.74, 6) is -0.209. The molecule has 0 aromatic heterocycles. The molecule has 0 saturated carbocycles. The SMILES string of the molecule is CCOC(=O)C1=C(C)NC(=O)N[C@@H]1c1ccc(OCC(=O)N/N=C/c2cc(Br)cc(OC)c2OCc2ccc(C(=O)OCC)cc2)c(OC)c1. The van der Waals surface area contributed by atoms with E-state index in [4.69, 9.17) is 28.4 Å². The van der Waals surface area contributed by atoms with Crippen molar-refractivity contribution in [2.45, 2.75) is 33.4 Å². The number of hydrazone groups is 1. The van der Waals surface area contributed by atoms with Crippen LogP contribution in [0.3, 0.4) is 0 Å². The van der Waals surface area contributed by atoms with Gasteiger partial charge in [-0.15, -0.1) is 0 Å². The molecule has 1 atom stereocenters. The molecule has 1 heterocycles. The number of benzene rings is 3. The zero-order valence-corrected chi connectivity index (χ0v) is 29.7. The van der Waals surface area contributed by atoms with Crippen LogP contribution in [-0.2, 0) is 25.7 Å². The zero-order valence-electron chi connectivity index (χ0n) is 28.1. The summed E-state index contributed by atoms with van der Waals surface area (Å²) in [6.07, 6.45) is 1.41. The Morgan fingerprint density at radius 2 is 1.60 bits per heavy atom. The predicted octanol–water partition coefficient (Wildman–Crippen LogP) is 4.94. The van der Waals surface area contributed by atoms with Crippen molar-refractivity contribution in [3.63, 3.8) is 0 Å². The van der Waals surface area contributed by atoms with Crippen molar-refractivity contribution in [3.05, 3.63) is 92.6 Å². The van der Waals surface area contributed by atoms with E-state index >= 15 is 0 Å². The van der Waals surface area contributed by atoms with E-state index in [9.17, 15) is 19.2 Å². The van der Waals surface area contributed by atoms with E-state index in [1.54, 1.807) is 75.4 Å². The first kappa shape index (κ1) is 37.3. The lowest BCUT2D eigenvalue weighted by Gasteiger charge is -2.28. The van der Waals surface area contributed by atoms with Gasteiger partial charge in [0.15, 0.2) is 29.6 Å². The van der Waals surface area contributed by atoms with Crippen LogP contribution in [0.15, 0.2) is 75.4 Å². The van der Waals surface area contributed by atoms with Crippen LogP contribution in [0, 0.1) is 0 Å². The molecule has 0 spiro atoms. The fraction of sp³-hybridized carbons (Fsp3) is 0.286. The van der Waals surface area contributed by atoms with Crippen molar-refractivity contribution in [3.8, 4) is 23.0 Å². The fourth-order valence-corrected chi connectivity index (χ4v) is 5.31. The van der Waals surface area contributed by atoms with Crippen LogP contribution < -0.4 is 35.0 Å². The van der Waals surface area contributed by atoms with Crippen LogP contribution in [0.5, 0.6) is 23.0 Å². The number of hydrogen-bond donors (Lipinski definition) is 3. The Morgan fingerprint density at radius 3 is 2.28 bits per heavy atom. The molecule has 264 valence electrons. The maximum absolute atomic E-state index is 12.7. The van der Waals surface area contributed by atoms with E-state index in [-0.39, 0.29) is 36.9 Å². The molecule has 50 heavy (non-hydrogen) atoms. The standard InChI is InChI=1S/C35H37BrN4O10/c1-6-47-33(42)22-10-8-21(9-11-22)18-50-32-24(14-25(36)16-28(32)46-5)17-37-40-29(41)19-49-26-13-12-23(15-27(26)45-4)31-30(34(43)48-7-2)20(3)38-35(44)39-31/h8-17,31H,6-7,18-19H2,1-5H3,(H,40,41)(H2,38,39,44)/b37-17+/t31-/m1/s1. The van der Waals surface area contributed by atoms with Crippen LogP contribution in [0.25, 0.3) is 0 Å². The molecule has 0 fully saturated rings. The number of urea groups is 1. The summed E-state index contributed by atoms with van der Waals surface area (Å²) in [6, 6.07) is 13.9. The van der Waals surface area contributed by atoms with Crippen molar-refractivity contribution in [2.24, 2.45) is 5.10 Å². The monoisotopic (exact) mass is 752 g/mol. The second-order valence-electron chi connectivity index (χ2n) is 10.5. The fourth-order valence-electron chi connectivity index (χ4n) is 4.85. The van der Waals surface area contributed by atoms with Gasteiger partial charge in [0.05, 0.1) is 50.8 Å². The van der Waals surface area contributed by atoms with Gasteiger partial charge in [-0.25, -0.2) is 19.8 Å². The van der Waals surface area contributed by atoms with E-state index in [0.717, 1.165) is 5.56 Å². The number of methoxy groups -OCH3 is 2. The second-order valence-corrected chi connectivity index (χ2v) is 11.4. The van der Waals surface area contributed by atoms with Gasteiger partial charge in [0, 0.05) is 15.7 Å². The molecule has 15 heteroatoms. The molecule has 4 rings (SSSR count).